The molecule has 0 aliphatic rings. The number of carbonyl (C=O) groups is 2. The van der Waals surface area contributed by atoms with Gasteiger partial charge in [0, 0.05) is 24.8 Å². The second kappa shape index (κ2) is 9.30. The molecule has 0 fully saturated rings. The molecule has 1 aromatic heterocycles. The molecule has 0 aliphatic carbocycles. The zero-order chi connectivity index (χ0) is 19.9. The molecule has 2 aromatic rings. The largest absolute Gasteiger partial charge is 0.481 e. The van der Waals surface area contributed by atoms with E-state index in [1.807, 2.05) is 51.1 Å². The van der Waals surface area contributed by atoms with Gasteiger partial charge < -0.3 is 14.9 Å². The first-order valence-electron chi connectivity index (χ1n) is 9.12. The van der Waals surface area contributed by atoms with Crippen molar-refractivity contribution in [1.82, 2.24) is 15.5 Å². The highest BCUT2D eigenvalue weighted by atomic mass is 16.5. The second-order valence-electron chi connectivity index (χ2n) is 7.64. The third-order valence-electron chi connectivity index (χ3n) is 4.15. The zero-order valence-electron chi connectivity index (χ0n) is 16.1. The molecule has 1 unspecified atom stereocenters. The third-order valence-corrected chi connectivity index (χ3v) is 4.15. The van der Waals surface area contributed by atoms with Crippen molar-refractivity contribution in [2.24, 2.45) is 5.92 Å². The van der Waals surface area contributed by atoms with Crippen LogP contribution in [0.25, 0.3) is 0 Å². The molecule has 0 aliphatic heterocycles. The number of rotatable bonds is 9. The van der Waals surface area contributed by atoms with Crippen LogP contribution in [0.3, 0.4) is 0 Å². The summed E-state index contributed by atoms with van der Waals surface area (Å²) in [6.45, 7) is 6.12. The highest BCUT2D eigenvalue weighted by molar-refractivity contribution is 5.77. The molecule has 1 heterocycles. The lowest BCUT2D eigenvalue weighted by Gasteiger charge is -2.13. The smallest absolute Gasteiger partial charge is 0.308 e. The molecule has 1 aromatic carbocycles. The van der Waals surface area contributed by atoms with Gasteiger partial charge >= 0.3 is 5.97 Å². The highest BCUT2D eigenvalue weighted by Gasteiger charge is 2.21. The SMILES string of the molecule is CC(C)(C)c1noc(CCCC(=O)NCC(Cc2ccccc2)C(=O)O)n1. The topological polar surface area (TPSA) is 105 Å². The van der Waals surface area contributed by atoms with Crippen molar-refractivity contribution in [2.75, 3.05) is 6.54 Å². The van der Waals surface area contributed by atoms with E-state index in [-0.39, 0.29) is 24.3 Å². The van der Waals surface area contributed by atoms with Gasteiger partial charge in [0.15, 0.2) is 5.82 Å². The number of aromatic nitrogens is 2. The summed E-state index contributed by atoms with van der Waals surface area (Å²) >= 11 is 0. The van der Waals surface area contributed by atoms with Crippen molar-refractivity contribution >= 4 is 11.9 Å². The van der Waals surface area contributed by atoms with E-state index in [0.29, 0.717) is 31.0 Å². The molecule has 1 atom stereocenters. The monoisotopic (exact) mass is 373 g/mol. The average molecular weight is 373 g/mol. The number of carboxylic acid groups (broad SMARTS) is 1. The van der Waals surface area contributed by atoms with E-state index in [4.69, 9.17) is 4.52 Å². The first kappa shape index (κ1) is 20.6. The Morgan fingerprint density at radius 3 is 2.52 bits per heavy atom. The number of benzene rings is 1. The Kier molecular flexibility index (Phi) is 7.10. The minimum Gasteiger partial charge on any atom is -0.481 e. The Balaban J connectivity index is 1.74. The average Bonchev–Trinajstić information content (AvgIpc) is 3.08. The van der Waals surface area contributed by atoms with Crippen molar-refractivity contribution in [3.8, 4) is 0 Å². The van der Waals surface area contributed by atoms with Crippen LogP contribution in [-0.4, -0.2) is 33.7 Å². The van der Waals surface area contributed by atoms with Crippen LogP contribution in [-0.2, 0) is 27.8 Å². The normalized spacial score (nSPS) is 12.6. The number of nitrogens with zero attached hydrogens (tertiary/aromatic N) is 2. The summed E-state index contributed by atoms with van der Waals surface area (Å²) in [6, 6.07) is 9.39. The third kappa shape index (κ3) is 6.84. The van der Waals surface area contributed by atoms with E-state index in [1.165, 1.54) is 0 Å². The lowest BCUT2D eigenvalue weighted by atomic mass is 9.96. The van der Waals surface area contributed by atoms with Gasteiger partial charge in [-0.05, 0) is 18.4 Å². The quantitative estimate of drug-likeness (QED) is 0.700. The Morgan fingerprint density at radius 2 is 1.93 bits per heavy atom. The molecule has 7 heteroatoms. The Labute approximate surface area is 159 Å². The van der Waals surface area contributed by atoms with E-state index in [2.05, 4.69) is 15.5 Å². The van der Waals surface area contributed by atoms with E-state index in [9.17, 15) is 14.7 Å². The van der Waals surface area contributed by atoms with E-state index >= 15 is 0 Å². The molecule has 1 amide bonds. The highest BCUT2D eigenvalue weighted by Crippen LogP contribution is 2.19. The van der Waals surface area contributed by atoms with Crippen molar-refractivity contribution in [2.45, 2.75) is 51.9 Å². The van der Waals surface area contributed by atoms with Gasteiger partial charge in [0.2, 0.25) is 11.8 Å². The molecule has 0 saturated heterocycles. The molecule has 2 rings (SSSR count). The first-order chi connectivity index (χ1) is 12.8. The predicted octanol–water partition coefficient (Wildman–Crippen LogP) is 2.75. The maximum atomic E-state index is 12.0. The van der Waals surface area contributed by atoms with Crippen LogP contribution in [0, 0.1) is 5.92 Å². The van der Waals surface area contributed by atoms with Crippen LogP contribution in [0.15, 0.2) is 34.9 Å². The predicted molar refractivity (Wildman–Crippen MR) is 100 cm³/mol. The van der Waals surface area contributed by atoms with Gasteiger partial charge in [-0.2, -0.15) is 4.98 Å². The molecule has 0 radical (unpaired) electrons. The van der Waals surface area contributed by atoms with Crippen LogP contribution in [0.5, 0.6) is 0 Å². The number of aryl methyl sites for hydroxylation is 1. The molecule has 146 valence electrons. The number of aliphatic carboxylic acids is 1. The van der Waals surface area contributed by atoms with Gasteiger partial charge in [0.25, 0.3) is 0 Å². The number of nitrogens with one attached hydrogen (secondary N) is 1. The summed E-state index contributed by atoms with van der Waals surface area (Å²) in [5, 5.41) is 16.0. The summed E-state index contributed by atoms with van der Waals surface area (Å²) in [6.07, 6.45) is 1.75. The van der Waals surface area contributed by atoms with Gasteiger partial charge in [-0.25, -0.2) is 0 Å². The van der Waals surface area contributed by atoms with Gasteiger partial charge in [-0.1, -0.05) is 56.3 Å². The summed E-state index contributed by atoms with van der Waals surface area (Å²) in [5.74, 6) is -0.585. The molecule has 27 heavy (non-hydrogen) atoms. The van der Waals surface area contributed by atoms with Gasteiger partial charge in [-0.3, -0.25) is 9.59 Å². The minimum atomic E-state index is -0.917. The molecular formula is C20H27N3O4. The molecule has 7 nitrogen and oxygen atoms in total. The van der Waals surface area contributed by atoms with Gasteiger partial charge in [-0.15, -0.1) is 0 Å². The zero-order valence-corrected chi connectivity index (χ0v) is 16.1. The van der Waals surface area contributed by atoms with Crippen LogP contribution >= 0.6 is 0 Å². The fourth-order valence-corrected chi connectivity index (χ4v) is 2.53. The van der Waals surface area contributed by atoms with Crippen LogP contribution < -0.4 is 5.32 Å². The lowest BCUT2D eigenvalue weighted by molar-refractivity contribution is -0.141. The van der Waals surface area contributed by atoms with Crippen molar-refractivity contribution in [3.05, 3.63) is 47.6 Å². The Hall–Kier alpha value is -2.70. The standard InChI is InChI=1S/C20H27N3O4/c1-20(2,3)19-22-17(27-23-19)11-7-10-16(24)21-13-15(18(25)26)12-14-8-5-4-6-9-14/h4-6,8-9,15H,7,10-13H2,1-3H3,(H,21,24)(H,25,26). The van der Waals surface area contributed by atoms with Crippen molar-refractivity contribution in [1.29, 1.82) is 0 Å². The summed E-state index contributed by atoms with van der Waals surface area (Å²) in [4.78, 5) is 27.8. The van der Waals surface area contributed by atoms with E-state index in [1.54, 1.807) is 0 Å². The minimum absolute atomic E-state index is 0.109. The molecule has 2 N–H and O–H groups in total. The number of carboxylic acids is 1. The fourth-order valence-electron chi connectivity index (χ4n) is 2.53. The number of hydrogen-bond acceptors (Lipinski definition) is 5. The Bertz CT molecular complexity index is 750. The van der Waals surface area contributed by atoms with Crippen LogP contribution in [0.1, 0.15) is 50.9 Å². The number of carbonyl (C=O) groups excluding carboxylic acids is 1. The summed E-state index contributed by atoms with van der Waals surface area (Å²) in [5.41, 5.74) is 0.759. The van der Waals surface area contributed by atoms with E-state index in [0.717, 1.165) is 5.56 Å². The molecular weight excluding hydrogens is 346 g/mol. The molecule has 0 saturated carbocycles. The van der Waals surface area contributed by atoms with Gasteiger partial charge in [0.1, 0.15) is 0 Å². The van der Waals surface area contributed by atoms with Gasteiger partial charge in [0.05, 0.1) is 5.92 Å². The molecule has 0 spiro atoms. The summed E-state index contributed by atoms with van der Waals surface area (Å²) in [7, 11) is 0. The Morgan fingerprint density at radius 1 is 1.22 bits per heavy atom. The maximum absolute atomic E-state index is 12.0. The maximum Gasteiger partial charge on any atom is 0.308 e. The lowest BCUT2D eigenvalue weighted by Crippen LogP contribution is -2.34. The van der Waals surface area contributed by atoms with Crippen LogP contribution in [0.4, 0.5) is 0 Å². The first-order valence-corrected chi connectivity index (χ1v) is 9.12. The number of amides is 1. The van der Waals surface area contributed by atoms with Crippen LogP contribution in [0.2, 0.25) is 0 Å². The second-order valence-corrected chi connectivity index (χ2v) is 7.64. The summed E-state index contributed by atoms with van der Waals surface area (Å²) < 4.78 is 5.20. The number of hydrogen-bond donors (Lipinski definition) is 2. The fraction of sp³-hybridized carbons (Fsp3) is 0.500. The van der Waals surface area contributed by atoms with E-state index < -0.39 is 11.9 Å². The molecule has 0 bridgehead atoms. The van der Waals surface area contributed by atoms with Crippen molar-refractivity contribution < 1.29 is 19.2 Å². The van der Waals surface area contributed by atoms with Crippen molar-refractivity contribution in [3.63, 3.8) is 0 Å².